The van der Waals surface area contributed by atoms with Crippen molar-refractivity contribution in [3.05, 3.63) is 35.9 Å². The zero-order valence-electron chi connectivity index (χ0n) is 16.5. The molecule has 1 aromatic carbocycles. The molecule has 0 saturated heterocycles. The van der Waals surface area contributed by atoms with E-state index in [0.717, 1.165) is 12.8 Å². The number of hydrogen-bond donors (Lipinski definition) is 1. The molecule has 0 bridgehead atoms. The molecule has 0 heterocycles. The quantitative estimate of drug-likeness (QED) is 0.542. The number of ether oxygens (including phenoxy) is 1. The van der Waals surface area contributed by atoms with Crippen LogP contribution in [0.2, 0.25) is 5.54 Å². The van der Waals surface area contributed by atoms with E-state index in [2.05, 4.69) is 12.1 Å². The maximum Gasteiger partial charge on any atom is 0.502 e. The molecular formula is C20H34O4Si. The first-order valence-corrected chi connectivity index (χ1v) is 11.1. The molecule has 1 saturated carbocycles. The standard InChI is InChI=1S/C20H34O4Si/c1-19(2,3)23-25(21,24-20(4,5)6)18-14-17(18)12-13-22-15-16-10-8-7-9-11-16/h7-11,17-18,21H,12-15H2,1-6H3/t17-,18-/m1/s1. The molecule has 1 aromatic rings. The van der Waals surface area contributed by atoms with Gasteiger partial charge in [0.25, 0.3) is 0 Å². The fourth-order valence-electron chi connectivity index (χ4n) is 3.06. The predicted octanol–water partition coefficient (Wildman–Crippen LogP) is 4.54. The minimum Gasteiger partial charge on any atom is -0.390 e. The van der Waals surface area contributed by atoms with Crippen LogP contribution in [-0.4, -0.2) is 31.4 Å². The summed E-state index contributed by atoms with van der Waals surface area (Å²) in [4.78, 5) is 11.2. The van der Waals surface area contributed by atoms with Crippen molar-refractivity contribution in [2.45, 2.75) is 77.7 Å². The van der Waals surface area contributed by atoms with Gasteiger partial charge in [-0.15, -0.1) is 0 Å². The third-order valence-electron chi connectivity index (χ3n) is 4.04. The van der Waals surface area contributed by atoms with Crippen molar-refractivity contribution in [2.75, 3.05) is 6.61 Å². The lowest BCUT2D eigenvalue weighted by Gasteiger charge is -2.37. The van der Waals surface area contributed by atoms with Gasteiger partial charge in [0.05, 0.1) is 17.8 Å². The van der Waals surface area contributed by atoms with Crippen LogP contribution in [0.1, 0.15) is 59.9 Å². The van der Waals surface area contributed by atoms with Crippen LogP contribution in [0.4, 0.5) is 0 Å². The first-order valence-electron chi connectivity index (χ1n) is 9.23. The summed E-state index contributed by atoms with van der Waals surface area (Å²) in [6.07, 6.45) is 1.90. The highest BCUT2D eigenvalue weighted by Crippen LogP contribution is 2.54. The molecule has 1 aliphatic rings. The van der Waals surface area contributed by atoms with Crippen LogP contribution in [-0.2, 0) is 20.2 Å². The molecule has 1 aliphatic carbocycles. The summed E-state index contributed by atoms with van der Waals surface area (Å²) >= 11 is 0. The summed E-state index contributed by atoms with van der Waals surface area (Å²) in [5.41, 5.74) is 0.492. The van der Waals surface area contributed by atoms with E-state index in [9.17, 15) is 4.80 Å². The number of benzene rings is 1. The van der Waals surface area contributed by atoms with Gasteiger partial charge in [0.2, 0.25) is 0 Å². The molecule has 1 N–H and O–H groups in total. The van der Waals surface area contributed by atoms with Crippen molar-refractivity contribution >= 4 is 8.80 Å². The van der Waals surface area contributed by atoms with Crippen LogP contribution in [0, 0.1) is 5.92 Å². The van der Waals surface area contributed by atoms with Crippen molar-refractivity contribution in [1.82, 2.24) is 0 Å². The maximum atomic E-state index is 11.2. The van der Waals surface area contributed by atoms with Gasteiger partial charge in [0, 0.05) is 12.1 Å². The normalized spacial score (nSPS) is 21.4. The molecule has 2 atom stereocenters. The van der Waals surface area contributed by atoms with Gasteiger partial charge >= 0.3 is 8.80 Å². The highest BCUT2D eigenvalue weighted by Gasteiger charge is 2.61. The van der Waals surface area contributed by atoms with E-state index in [0.29, 0.717) is 19.1 Å². The van der Waals surface area contributed by atoms with Gasteiger partial charge in [-0.05, 0) is 65.9 Å². The first-order chi connectivity index (χ1) is 11.5. The molecule has 0 aliphatic heterocycles. The Morgan fingerprint density at radius 3 is 2.08 bits per heavy atom. The third-order valence-corrected chi connectivity index (χ3v) is 7.49. The Balaban J connectivity index is 1.83. The summed E-state index contributed by atoms with van der Waals surface area (Å²) in [6, 6.07) is 10.2. The molecule has 0 spiro atoms. The summed E-state index contributed by atoms with van der Waals surface area (Å²) < 4.78 is 17.9. The van der Waals surface area contributed by atoms with Gasteiger partial charge in [0.15, 0.2) is 0 Å². The van der Waals surface area contributed by atoms with Crippen molar-refractivity contribution in [2.24, 2.45) is 5.92 Å². The Bertz CT molecular complexity index is 517. The largest absolute Gasteiger partial charge is 0.502 e. The lowest BCUT2D eigenvalue weighted by atomic mass is 10.2. The van der Waals surface area contributed by atoms with E-state index in [1.54, 1.807) is 0 Å². The second-order valence-corrected chi connectivity index (χ2v) is 11.4. The zero-order valence-corrected chi connectivity index (χ0v) is 17.5. The van der Waals surface area contributed by atoms with E-state index in [-0.39, 0.29) is 5.54 Å². The monoisotopic (exact) mass is 366 g/mol. The number of hydrogen-bond acceptors (Lipinski definition) is 4. The Hall–Kier alpha value is -0.723. The Labute approximate surface area is 153 Å². The predicted molar refractivity (Wildman–Crippen MR) is 102 cm³/mol. The molecule has 0 aromatic heterocycles. The van der Waals surface area contributed by atoms with Gasteiger partial charge in [-0.25, -0.2) is 0 Å². The molecule has 0 radical (unpaired) electrons. The van der Waals surface area contributed by atoms with Gasteiger partial charge in [-0.1, -0.05) is 30.3 Å². The molecular weight excluding hydrogens is 332 g/mol. The molecule has 1 fully saturated rings. The molecule has 0 amide bonds. The molecule has 2 rings (SSSR count). The van der Waals surface area contributed by atoms with Crippen LogP contribution in [0.15, 0.2) is 30.3 Å². The Morgan fingerprint density at radius 1 is 1.00 bits per heavy atom. The smallest absolute Gasteiger partial charge is 0.390 e. The summed E-state index contributed by atoms with van der Waals surface area (Å²) in [5.74, 6) is 0.428. The zero-order chi connectivity index (χ0) is 18.7. The highest BCUT2D eigenvalue weighted by atomic mass is 28.4. The number of rotatable bonds is 8. The van der Waals surface area contributed by atoms with Crippen molar-refractivity contribution in [3.63, 3.8) is 0 Å². The molecule has 4 nitrogen and oxygen atoms in total. The third kappa shape index (κ3) is 7.19. The van der Waals surface area contributed by atoms with Gasteiger partial charge in [-0.2, -0.15) is 0 Å². The maximum absolute atomic E-state index is 11.2. The van der Waals surface area contributed by atoms with E-state index in [4.69, 9.17) is 13.6 Å². The average Bonchev–Trinajstić information content (AvgIpc) is 3.21. The fourth-order valence-corrected chi connectivity index (χ4v) is 6.52. The highest BCUT2D eigenvalue weighted by molar-refractivity contribution is 6.62. The summed E-state index contributed by atoms with van der Waals surface area (Å²) in [7, 11) is -3.23. The van der Waals surface area contributed by atoms with E-state index < -0.39 is 20.0 Å². The van der Waals surface area contributed by atoms with Crippen LogP contribution in [0.25, 0.3) is 0 Å². The van der Waals surface area contributed by atoms with Crippen LogP contribution >= 0.6 is 0 Å². The lowest BCUT2D eigenvalue weighted by molar-refractivity contribution is -0.0292. The van der Waals surface area contributed by atoms with Gasteiger partial charge in [0.1, 0.15) is 0 Å². The fraction of sp³-hybridized carbons (Fsp3) is 0.700. The van der Waals surface area contributed by atoms with Crippen LogP contribution in [0.3, 0.4) is 0 Å². The SMILES string of the molecule is CC(C)(C)O[Si](O)(OC(C)(C)C)[C@@H]1C[C@H]1CCOCc1ccccc1. The van der Waals surface area contributed by atoms with Crippen molar-refractivity contribution < 1.29 is 18.4 Å². The van der Waals surface area contributed by atoms with Crippen molar-refractivity contribution in [1.29, 1.82) is 0 Å². The summed E-state index contributed by atoms with van der Waals surface area (Å²) in [6.45, 7) is 13.2. The van der Waals surface area contributed by atoms with Crippen LogP contribution in [0.5, 0.6) is 0 Å². The molecule has 0 unspecified atom stereocenters. The average molecular weight is 367 g/mol. The Morgan fingerprint density at radius 2 is 1.56 bits per heavy atom. The summed E-state index contributed by atoms with van der Waals surface area (Å²) in [5, 5.41) is 0. The molecule has 142 valence electrons. The second-order valence-electron chi connectivity index (χ2n) is 8.99. The Kier molecular flexibility index (Phi) is 6.49. The molecule has 5 heteroatoms. The second kappa shape index (κ2) is 7.88. The lowest BCUT2D eigenvalue weighted by Crippen LogP contribution is -2.53. The minimum absolute atomic E-state index is 0.131. The van der Waals surface area contributed by atoms with Gasteiger partial charge < -0.3 is 18.4 Å². The minimum atomic E-state index is -3.23. The molecule has 25 heavy (non-hydrogen) atoms. The van der Waals surface area contributed by atoms with E-state index in [1.807, 2.05) is 59.7 Å². The first kappa shape index (κ1) is 20.6. The topological polar surface area (TPSA) is 47.9 Å². The van der Waals surface area contributed by atoms with E-state index >= 15 is 0 Å². The van der Waals surface area contributed by atoms with Crippen molar-refractivity contribution in [3.8, 4) is 0 Å². The van der Waals surface area contributed by atoms with E-state index in [1.165, 1.54) is 5.56 Å². The van der Waals surface area contributed by atoms with Gasteiger partial charge in [-0.3, -0.25) is 0 Å². The van der Waals surface area contributed by atoms with Crippen LogP contribution < -0.4 is 0 Å².